The van der Waals surface area contributed by atoms with E-state index in [-0.39, 0.29) is 12.3 Å². The monoisotopic (exact) mass is 348 g/mol. The lowest BCUT2D eigenvalue weighted by atomic mass is 10.2. The maximum atomic E-state index is 13.3. The van der Waals surface area contributed by atoms with Gasteiger partial charge in [-0.2, -0.15) is 0 Å². The minimum Gasteiger partial charge on any atom is -0.497 e. The number of halogens is 1. The fraction of sp³-hybridized carbons (Fsp3) is 0.235. The van der Waals surface area contributed by atoms with Gasteiger partial charge in [0.1, 0.15) is 11.6 Å². The van der Waals surface area contributed by atoms with Crippen molar-refractivity contribution in [3.05, 3.63) is 64.0 Å². The van der Waals surface area contributed by atoms with Gasteiger partial charge < -0.3 is 14.8 Å². The summed E-state index contributed by atoms with van der Waals surface area (Å²) in [6.07, 6.45) is -1.03. The molecule has 7 nitrogen and oxygen atoms in total. The second kappa shape index (κ2) is 8.09. The first-order valence-electron chi connectivity index (χ1n) is 7.42. The molecule has 0 fully saturated rings. The average molecular weight is 348 g/mol. The van der Waals surface area contributed by atoms with Crippen LogP contribution in [0.1, 0.15) is 12.5 Å². The lowest BCUT2D eigenvalue weighted by Gasteiger charge is -2.15. The summed E-state index contributed by atoms with van der Waals surface area (Å²) in [6, 6.07) is 9.94. The zero-order valence-electron chi connectivity index (χ0n) is 13.7. The normalized spacial score (nSPS) is 11.5. The van der Waals surface area contributed by atoms with Gasteiger partial charge in [-0.15, -0.1) is 0 Å². The van der Waals surface area contributed by atoms with Gasteiger partial charge >= 0.3 is 5.69 Å². The standard InChI is InChI=1S/C17H17FN2O5/c1-11(25-16-9-13(18)5-8-15(16)20(22)23)17(21)19-10-12-3-6-14(24-2)7-4-12/h3-9,11H,10H2,1-2H3,(H,19,21)/t11-/m1/s1. The molecule has 0 saturated heterocycles. The second-order valence-corrected chi connectivity index (χ2v) is 5.20. The van der Waals surface area contributed by atoms with Gasteiger partial charge in [0.05, 0.1) is 12.0 Å². The lowest BCUT2D eigenvalue weighted by molar-refractivity contribution is -0.386. The molecule has 0 saturated carbocycles. The number of hydrogen-bond donors (Lipinski definition) is 1. The summed E-state index contributed by atoms with van der Waals surface area (Å²) in [5.74, 6) is -0.761. The third-order valence-electron chi connectivity index (χ3n) is 3.42. The van der Waals surface area contributed by atoms with Gasteiger partial charge in [0, 0.05) is 18.7 Å². The van der Waals surface area contributed by atoms with E-state index in [0.717, 1.165) is 23.8 Å². The van der Waals surface area contributed by atoms with Crippen molar-refractivity contribution >= 4 is 11.6 Å². The van der Waals surface area contributed by atoms with Crippen LogP contribution in [0, 0.1) is 15.9 Å². The van der Waals surface area contributed by atoms with Gasteiger partial charge in [0.2, 0.25) is 5.75 Å². The number of ether oxygens (including phenoxy) is 2. The van der Waals surface area contributed by atoms with Crippen LogP contribution >= 0.6 is 0 Å². The van der Waals surface area contributed by atoms with Crippen LogP contribution in [0.2, 0.25) is 0 Å². The Balaban J connectivity index is 1.98. The predicted molar refractivity (Wildman–Crippen MR) is 88.0 cm³/mol. The van der Waals surface area contributed by atoms with Crippen LogP contribution in [0.25, 0.3) is 0 Å². The molecule has 0 aliphatic carbocycles. The summed E-state index contributed by atoms with van der Waals surface area (Å²) in [5.41, 5.74) is 0.439. The summed E-state index contributed by atoms with van der Waals surface area (Å²) >= 11 is 0. The minimum atomic E-state index is -1.03. The molecule has 1 amide bonds. The van der Waals surface area contributed by atoms with Crippen molar-refractivity contribution in [2.24, 2.45) is 0 Å². The number of nitrogens with zero attached hydrogens (tertiary/aromatic N) is 1. The summed E-state index contributed by atoms with van der Waals surface area (Å²) in [6.45, 7) is 1.68. The molecule has 2 aromatic rings. The molecule has 2 aromatic carbocycles. The molecule has 1 atom stereocenters. The number of nitro groups is 1. The maximum absolute atomic E-state index is 13.3. The highest BCUT2D eigenvalue weighted by Crippen LogP contribution is 2.28. The number of benzene rings is 2. The van der Waals surface area contributed by atoms with Crippen LogP contribution in [0.3, 0.4) is 0 Å². The van der Waals surface area contributed by atoms with Crippen molar-refractivity contribution in [3.8, 4) is 11.5 Å². The van der Waals surface area contributed by atoms with Gasteiger partial charge in [0.25, 0.3) is 5.91 Å². The zero-order chi connectivity index (χ0) is 18.4. The van der Waals surface area contributed by atoms with Gasteiger partial charge in [-0.3, -0.25) is 14.9 Å². The fourth-order valence-electron chi connectivity index (χ4n) is 2.05. The quantitative estimate of drug-likeness (QED) is 0.614. The molecule has 2 rings (SSSR count). The van der Waals surface area contributed by atoms with Crippen molar-refractivity contribution in [1.29, 1.82) is 0 Å². The Labute approximate surface area is 143 Å². The Morgan fingerprint density at radius 3 is 2.56 bits per heavy atom. The number of hydrogen-bond acceptors (Lipinski definition) is 5. The fourth-order valence-corrected chi connectivity index (χ4v) is 2.05. The van der Waals surface area contributed by atoms with E-state index in [0.29, 0.717) is 5.75 Å². The highest BCUT2D eigenvalue weighted by molar-refractivity contribution is 5.80. The summed E-state index contributed by atoms with van der Waals surface area (Å²) in [5, 5.41) is 13.6. The molecular weight excluding hydrogens is 331 g/mol. The molecule has 0 bridgehead atoms. The van der Waals surface area contributed by atoms with E-state index in [1.165, 1.54) is 6.92 Å². The number of carbonyl (C=O) groups excluding carboxylic acids is 1. The van der Waals surface area contributed by atoms with Crippen molar-refractivity contribution in [3.63, 3.8) is 0 Å². The van der Waals surface area contributed by atoms with Crippen molar-refractivity contribution < 1.29 is 23.6 Å². The highest BCUT2D eigenvalue weighted by Gasteiger charge is 2.21. The largest absolute Gasteiger partial charge is 0.497 e. The molecule has 0 radical (unpaired) electrons. The average Bonchev–Trinajstić information content (AvgIpc) is 2.59. The van der Waals surface area contributed by atoms with Crippen molar-refractivity contribution in [1.82, 2.24) is 5.32 Å². The number of amides is 1. The number of carbonyl (C=O) groups is 1. The van der Waals surface area contributed by atoms with Crippen LogP contribution in [0.15, 0.2) is 42.5 Å². The molecule has 0 unspecified atom stereocenters. The number of rotatable bonds is 7. The Kier molecular flexibility index (Phi) is 5.89. The first kappa shape index (κ1) is 18.2. The van der Waals surface area contributed by atoms with Crippen molar-refractivity contribution in [2.75, 3.05) is 7.11 Å². The Bertz CT molecular complexity index is 764. The Morgan fingerprint density at radius 2 is 1.96 bits per heavy atom. The minimum absolute atomic E-state index is 0.252. The molecule has 132 valence electrons. The SMILES string of the molecule is COc1ccc(CNC(=O)[C@@H](C)Oc2cc(F)ccc2[N+](=O)[O-])cc1. The van der Waals surface area contributed by atoms with Gasteiger partial charge in [0.15, 0.2) is 6.10 Å². The van der Waals surface area contributed by atoms with Crippen LogP contribution in [0.4, 0.5) is 10.1 Å². The van der Waals surface area contributed by atoms with E-state index in [9.17, 15) is 19.3 Å². The number of methoxy groups -OCH3 is 1. The summed E-state index contributed by atoms with van der Waals surface area (Å²) in [7, 11) is 1.56. The molecule has 0 aromatic heterocycles. The van der Waals surface area contributed by atoms with E-state index in [1.807, 2.05) is 0 Å². The number of nitro benzene ring substituents is 1. The van der Waals surface area contributed by atoms with Gasteiger partial charge in [-0.05, 0) is 30.7 Å². The summed E-state index contributed by atoms with van der Waals surface area (Å²) in [4.78, 5) is 22.3. The summed E-state index contributed by atoms with van der Waals surface area (Å²) < 4.78 is 23.6. The number of nitrogens with one attached hydrogen (secondary N) is 1. The molecule has 1 N–H and O–H groups in total. The zero-order valence-corrected chi connectivity index (χ0v) is 13.7. The molecular formula is C17H17FN2O5. The molecule has 0 aliphatic heterocycles. The van der Waals surface area contributed by atoms with Gasteiger partial charge in [-0.25, -0.2) is 4.39 Å². The molecule has 0 spiro atoms. The van der Waals surface area contributed by atoms with E-state index in [4.69, 9.17) is 9.47 Å². The van der Waals surface area contributed by atoms with Crippen molar-refractivity contribution in [2.45, 2.75) is 19.6 Å². The van der Waals surface area contributed by atoms with Crippen LogP contribution < -0.4 is 14.8 Å². The predicted octanol–water partition coefficient (Wildman–Crippen LogP) is 2.83. The third-order valence-corrected chi connectivity index (χ3v) is 3.42. The van der Waals surface area contributed by atoms with Crippen LogP contribution in [0.5, 0.6) is 11.5 Å². The maximum Gasteiger partial charge on any atom is 0.311 e. The van der Waals surface area contributed by atoms with E-state index in [1.54, 1.807) is 31.4 Å². The molecule has 8 heteroatoms. The molecule has 0 heterocycles. The molecule has 25 heavy (non-hydrogen) atoms. The smallest absolute Gasteiger partial charge is 0.311 e. The Morgan fingerprint density at radius 1 is 1.28 bits per heavy atom. The highest BCUT2D eigenvalue weighted by atomic mass is 19.1. The van der Waals surface area contributed by atoms with Crippen LogP contribution in [-0.2, 0) is 11.3 Å². The topological polar surface area (TPSA) is 90.7 Å². The van der Waals surface area contributed by atoms with E-state index in [2.05, 4.69) is 5.32 Å². The second-order valence-electron chi connectivity index (χ2n) is 5.20. The lowest BCUT2D eigenvalue weighted by Crippen LogP contribution is -2.36. The van der Waals surface area contributed by atoms with Crippen LogP contribution in [-0.4, -0.2) is 24.0 Å². The first-order chi connectivity index (χ1) is 11.9. The molecule has 0 aliphatic rings. The van der Waals surface area contributed by atoms with E-state index < -0.39 is 28.4 Å². The van der Waals surface area contributed by atoms with E-state index >= 15 is 0 Å². The third kappa shape index (κ3) is 4.90. The Hall–Kier alpha value is -3.16. The van der Waals surface area contributed by atoms with Gasteiger partial charge in [-0.1, -0.05) is 12.1 Å². The first-order valence-corrected chi connectivity index (χ1v) is 7.42.